The van der Waals surface area contributed by atoms with E-state index in [1.54, 1.807) is 32.9 Å². The molecular weight excluding hydrogens is 535 g/mol. The number of ether oxygens (including phenoxy) is 1. The molecule has 2 aromatic carbocycles. The molecule has 0 saturated carbocycles. The monoisotopic (exact) mass is 562 g/mol. The van der Waals surface area contributed by atoms with Crippen LogP contribution in [0.4, 0.5) is 5.69 Å². The number of nitrogens with zero attached hydrogens (tertiary/aromatic N) is 2. The zero-order chi connectivity index (χ0) is 27.1. The highest BCUT2D eigenvalue weighted by atomic mass is 35.5. The lowest BCUT2D eigenvalue weighted by Gasteiger charge is -2.26. The Morgan fingerprint density at radius 3 is 2.30 bits per heavy atom. The first-order valence-corrected chi connectivity index (χ1v) is 13.7. The minimum atomic E-state index is -4.24. The third-order valence-corrected chi connectivity index (χ3v) is 7.72. The number of carbonyl (C=O) groups is 1. The Labute approximate surface area is 226 Å². The number of benzene rings is 2. The summed E-state index contributed by atoms with van der Waals surface area (Å²) in [5.41, 5.74) is 8.50. The first kappa shape index (κ1) is 26.9. The fourth-order valence-corrected chi connectivity index (χ4v) is 6.07. The Kier molecular flexibility index (Phi) is 7.25. The molecule has 8 nitrogen and oxygen atoms in total. The number of nitrogens with one attached hydrogen (secondary N) is 2. The van der Waals surface area contributed by atoms with Crippen LogP contribution >= 0.6 is 23.2 Å². The van der Waals surface area contributed by atoms with Crippen molar-refractivity contribution in [2.75, 3.05) is 10.8 Å². The molecule has 0 radical (unpaired) electrons. The number of aryl methyl sites for hydroxylation is 1. The van der Waals surface area contributed by atoms with E-state index in [9.17, 15) is 13.2 Å². The molecule has 2 heterocycles. The third kappa shape index (κ3) is 5.89. The first-order valence-electron chi connectivity index (χ1n) is 11.5. The zero-order valence-corrected chi connectivity index (χ0v) is 23.4. The number of anilines is 1. The van der Waals surface area contributed by atoms with Gasteiger partial charge in [0.2, 0.25) is 0 Å². The highest BCUT2D eigenvalue weighted by Crippen LogP contribution is 2.33. The standard InChI is InChI=1S/C26H28Cl2N4O4S/c1-16-14-31(24-9-6-17(2)29-30-24)23-8-7-20(13-22(16)23)32(15-25(33)36-26(3,4)5)37(34,35)21-11-18(27)10-19(28)12-21/h6-14,29-30H,15H2,1-5H3. The number of esters is 1. The Morgan fingerprint density at radius 1 is 1.03 bits per heavy atom. The van der Waals surface area contributed by atoms with Crippen LogP contribution in [0.1, 0.15) is 33.3 Å². The molecular formula is C26H28Cl2N4O4S. The first-order chi connectivity index (χ1) is 17.2. The van der Waals surface area contributed by atoms with Crippen molar-refractivity contribution in [2.24, 2.45) is 0 Å². The predicted octanol–water partition coefficient (Wildman–Crippen LogP) is 5.60. The van der Waals surface area contributed by atoms with Crippen LogP contribution < -0.4 is 15.2 Å². The Morgan fingerprint density at radius 2 is 1.70 bits per heavy atom. The zero-order valence-electron chi connectivity index (χ0n) is 21.1. The van der Waals surface area contributed by atoms with Crippen LogP contribution in [0, 0.1) is 6.92 Å². The van der Waals surface area contributed by atoms with E-state index < -0.39 is 28.1 Å². The van der Waals surface area contributed by atoms with Gasteiger partial charge < -0.3 is 14.7 Å². The molecule has 0 atom stereocenters. The number of allylic oxidation sites excluding steroid dienone is 3. The maximum absolute atomic E-state index is 13.8. The number of halogens is 2. The van der Waals surface area contributed by atoms with Crippen LogP contribution in [0.25, 0.3) is 16.7 Å². The number of hydrogen-bond acceptors (Lipinski definition) is 6. The number of fused-ring (bicyclic) bond motifs is 1. The van der Waals surface area contributed by atoms with Gasteiger partial charge in [-0.3, -0.25) is 14.5 Å². The minimum absolute atomic E-state index is 0.132. The summed E-state index contributed by atoms with van der Waals surface area (Å²) in [6.07, 6.45) is 5.85. The van der Waals surface area contributed by atoms with Crippen LogP contribution in [0.15, 0.2) is 65.3 Å². The van der Waals surface area contributed by atoms with Gasteiger partial charge in [0.1, 0.15) is 18.0 Å². The molecule has 0 unspecified atom stereocenters. The quantitative estimate of drug-likeness (QED) is 0.379. The summed E-state index contributed by atoms with van der Waals surface area (Å²) in [7, 11) is -4.24. The second-order valence-corrected chi connectivity index (χ2v) is 12.5. The van der Waals surface area contributed by atoms with Crippen molar-refractivity contribution < 1.29 is 17.9 Å². The Balaban J connectivity index is 1.82. The molecule has 196 valence electrons. The van der Waals surface area contributed by atoms with E-state index in [1.807, 2.05) is 42.8 Å². The van der Waals surface area contributed by atoms with Crippen molar-refractivity contribution in [2.45, 2.75) is 45.1 Å². The number of hydrazine groups is 1. The van der Waals surface area contributed by atoms with Gasteiger partial charge in [0, 0.05) is 27.3 Å². The average molecular weight is 564 g/mol. The van der Waals surface area contributed by atoms with Gasteiger partial charge in [-0.15, -0.1) is 0 Å². The van der Waals surface area contributed by atoms with Crippen molar-refractivity contribution in [3.8, 4) is 0 Å². The summed E-state index contributed by atoms with van der Waals surface area (Å²) in [4.78, 5) is 12.7. The lowest BCUT2D eigenvalue weighted by Crippen LogP contribution is -2.39. The van der Waals surface area contributed by atoms with Crippen LogP contribution in [-0.2, 0) is 19.6 Å². The normalized spacial score (nSPS) is 13.9. The van der Waals surface area contributed by atoms with Gasteiger partial charge in [0.15, 0.2) is 0 Å². The minimum Gasteiger partial charge on any atom is -0.459 e. The van der Waals surface area contributed by atoms with E-state index in [-0.39, 0.29) is 14.9 Å². The van der Waals surface area contributed by atoms with Crippen LogP contribution in [0.2, 0.25) is 10.0 Å². The molecule has 1 aliphatic heterocycles. The number of aromatic nitrogens is 1. The third-order valence-electron chi connectivity index (χ3n) is 5.53. The highest BCUT2D eigenvalue weighted by Gasteiger charge is 2.30. The van der Waals surface area contributed by atoms with E-state index in [0.29, 0.717) is 5.69 Å². The maximum atomic E-state index is 13.8. The van der Waals surface area contributed by atoms with Crippen molar-refractivity contribution in [3.05, 3.63) is 76.1 Å². The molecule has 1 aliphatic rings. The van der Waals surface area contributed by atoms with Gasteiger partial charge in [0.25, 0.3) is 10.0 Å². The molecule has 0 saturated heterocycles. The van der Waals surface area contributed by atoms with E-state index in [0.717, 1.165) is 32.3 Å². The van der Waals surface area contributed by atoms with E-state index in [1.165, 1.54) is 18.2 Å². The second kappa shape index (κ2) is 9.96. The molecule has 0 fully saturated rings. The van der Waals surface area contributed by atoms with Gasteiger partial charge in [0.05, 0.1) is 16.1 Å². The van der Waals surface area contributed by atoms with Gasteiger partial charge >= 0.3 is 5.97 Å². The number of rotatable bonds is 6. The summed E-state index contributed by atoms with van der Waals surface area (Å²) in [5, 5.41) is 1.15. The number of sulfonamides is 1. The van der Waals surface area contributed by atoms with E-state index in [4.69, 9.17) is 27.9 Å². The smallest absolute Gasteiger partial charge is 0.327 e. The van der Waals surface area contributed by atoms with Crippen molar-refractivity contribution in [1.29, 1.82) is 0 Å². The Hall–Kier alpha value is -3.14. The highest BCUT2D eigenvalue weighted by molar-refractivity contribution is 7.92. The van der Waals surface area contributed by atoms with Crippen LogP contribution in [0.3, 0.4) is 0 Å². The van der Waals surface area contributed by atoms with Crippen molar-refractivity contribution in [3.63, 3.8) is 0 Å². The lowest BCUT2D eigenvalue weighted by atomic mass is 10.1. The number of carbonyl (C=O) groups excluding carboxylic acids is 1. The summed E-state index contributed by atoms with van der Waals surface area (Å²) >= 11 is 12.2. The molecule has 37 heavy (non-hydrogen) atoms. The molecule has 3 aromatic rings. The SMILES string of the molecule is CC1=CC=C(n2cc(C)c3cc(N(CC(=O)OC(C)(C)C)S(=O)(=O)c4cc(Cl)cc(Cl)c4)ccc32)NN1. The summed E-state index contributed by atoms with van der Waals surface area (Å²) in [5.74, 6) is 0.117. The van der Waals surface area contributed by atoms with E-state index >= 15 is 0 Å². The van der Waals surface area contributed by atoms with Gasteiger partial charge in [-0.2, -0.15) is 0 Å². The topological polar surface area (TPSA) is 92.7 Å². The molecule has 4 rings (SSSR count). The molecule has 11 heteroatoms. The fourth-order valence-electron chi connectivity index (χ4n) is 3.94. The molecule has 1 aromatic heterocycles. The second-order valence-electron chi connectivity index (χ2n) is 9.74. The van der Waals surface area contributed by atoms with Crippen LogP contribution in [0.5, 0.6) is 0 Å². The summed E-state index contributed by atoms with van der Waals surface area (Å²) in [6, 6.07) is 9.26. The molecule has 0 aliphatic carbocycles. The number of hydrogen-bond donors (Lipinski definition) is 2. The van der Waals surface area contributed by atoms with Gasteiger partial charge in [-0.25, -0.2) is 8.42 Å². The van der Waals surface area contributed by atoms with Crippen LogP contribution in [-0.4, -0.2) is 31.1 Å². The summed E-state index contributed by atoms with van der Waals surface area (Å²) in [6.45, 7) is 8.51. The Bertz CT molecular complexity index is 1530. The largest absolute Gasteiger partial charge is 0.459 e. The molecule has 0 spiro atoms. The lowest BCUT2D eigenvalue weighted by molar-refractivity contribution is -0.152. The van der Waals surface area contributed by atoms with Crippen molar-refractivity contribution in [1.82, 2.24) is 15.4 Å². The molecule has 0 bridgehead atoms. The molecule has 2 N–H and O–H groups in total. The maximum Gasteiger partial charge on any atom is 0.327 e. The van der Waals surface area contributed by atoms with Gasteiger partial charge in [-0.05, 0) is 88.7 Å². The fraction of sp³-hybridized carbons (Fsp3) is 0.269. The van der Waals surface area contributed by atoms with E-state index in [2.05, 4.69) is 10.9 Å². The van der Waals surface area contributed by atoms with Gasteiger partial charge in [-0.1, -0.05) is 23.2 Å². The van der Waals surface area contributed by atoms with Crippen molar-refractivity contribution >= 4 is 61.6 Å². The molecule has 0 amide bonds. The predicted molar refractivity (Wildman–Crippen MR) is 148 cm³/mol. The average Bonchev–Trinajstić information content (AvgIpc) is 3.12. The summed E-state index contributed by atoms with van der Waals surface area (Å²) < 4.78 is 36.0.